The van der Waals surface area contributed by atoms with E-state index >= 15 is 0 Å². The van der Waals surface area contributed by atoms with Crippen LogP contribution in [0.15, 0.2) is 42.5 Å². The van der Waals surface area contributed by atoms with Crippen LogP contribution in [0.1, 0.15) is 65.0 Å². The molecule has 2 rings (SSSR count). The summed E-state index contributed by atoms with van der Waals surface area (Å²) < 4.78 is 11.4. The Hall–Kier alpha value is -2.73. The van der Waals surface area contributed by atoms with Gasteiger partial charge < -0.3 is 19.7 Å². The summed E-state index contributed by atoms with van der Waals surface area (Å²) in [6.45, 7) is 11.1. The van der Waals surface area contributed by atoms with E-state index in [9.17, 15) is 9.59 Å². The first-order chi connectivity index (χ1) is 16.8. The lowest BCUT2D eigenvalue weighted by Crippen LogP contribution is -2.50. The van der Waals surface area contributed by atoms with Gasteiger partial charge in [0.05, 0.1) is 13.2 Å². The van der Waals surface area contributed by atoms with Gasteiger partial charge in [-0.3, -0.25) is 9.59 Å². The maximum absolute atomic E-state index is 13.5. The van der Waals surface area contributed by atoms with Crippen LogP contribution in [0.4, 0.5) is 0 Å². The minimum atomic E-state index is -0.577. The Morgan fingerprint density at radius 3 is 2.29 bits per heavy atom. The Kier molecular flexibility index (Phi) is 11.9. The second-order valence-electron chi connectivity index (χ2n) is 8.50. The summed E-state index contributed by atoms with van der Waals surface area (Å²) >= 11 is 6.40. The molecule has 0 aliphatic rings. The summed E-state index contributed by atoms with van der Waals surface area (Å²) in [4.78, 5) is 28.3. The van der Waals surface area contributed by atoms with E-state index in [-0.39, 0.29) is 30.8 Å². The van der Waals surface area contributed by atoms with Gasteiger partial charge in [-0.1, -0.05) is 49.7 Å². The Labute approximate surface area is 214 Å². The molecule has 0 spiro atoms. The first-order valence-electron chi connectivity index (χ1n) is 12.6. The molecule has 0 unspecified atom stereocenters. The topological polar surface area (TPSA) is 67.9 Å². The maximum Gasteiger partial charge on any atom is 0.243 e. The minimum Gasteiger partial charge on any atom is -0.490 e. The maximum atomic E-state index is 13.5. The number of carbonyl (C=O) groups excluding carboxylic acids is 2. The molecule has 0 aliphatic heterocycles. The van der Waals surface area contributed by atoms with Gasteiger partial charge in [0.1, 0.15) is 6.04 Å². The lowest BCUT2D eigenvalue weighted by molar-refractivity contribution is -0.141. The highest BCUT2D eigenvalue weighted by Crippen LogP contribution is 2.29. The van der Waals surface area contributed by atoms with Crippen molar-refractivity contribution in [1.29, 1.82) is 0 Å². The van der Waals surface area contributed by atoms with E-state index < -0.39 is 6.04 Å². The number of rotatable bonds is 14. The fourth-order valence-electron chi connectivity index (χ4n) is 3.82. The zero-order valence-electron chi connectivity index (χ0n) is 21.6. The molecule has 1 N–H and O–H groups in total. The summed E-state index contributed by atoms with van der Waals surface area (Å²) in [6, 6.07) is 12.6. The molecule has 2 aromatic rings. The van der Waals surface area contributed by atoms with E-state index in [1.807, 2.05) is 71.0 Å². The average molecular weight is 503 g/mol. The summed E-state index contributed by atoms with van der Waals surface area (Å²) in [7, 11) is 0. The van der Waals surface area contributed by atoms with E-state index in [4.69, 9.17) is 21.1 Å². The van der Waals surface area contributed by atoms with Crippen molar-refractivity contribution in [3.05, 3.63) is 58.6 Å². The summed E-state index contributed by atoms with van der Waals surface area (Å²) in [5.41, 5.74) is 1.79. The smallest absolute Gasteiger partial charge is 0.243 e. The Balaban J connectivity index is 2.25. The van der Waals surface area contributed by atoms with Crippen molar-refractivity contribution in [3.63, 3.8) is 0 Å². The standard InChI is InChI=1S/C28H39ClN2O4/c1-6-20(5)30-28(33)24(7-2)31(19-22-12-10-11-13-23(22)29)27(32)17-15-21-14-16-25(34-8-3)26(18-21)35-9-4/h10-14,16,18,20,24H,6-9,15,17,19H2,1-5H3,(H,30,33)/t20-,24-/m0/s1. The van der Waals surface area contributed by atoms with E-state index in [0.29, 0.717) is 42.6 Å². The molecule has 0 fully saturated rings. The molecule has 6 nitrogen and oxygen atoms in total. The summed E-state index contributed by atoms with van der Waals surface area (Å²) in [6.07, 6.45) is 2.11. The summed E-state index contributed by atoms with van der Waals surface area (Å²) in [5.74, 6) is 1.13. The van der Waals surface area contributed by atoms with E-state index in [1.165, 1.54) is 0 Å². The van der Waals surface area contributed by atoms with Crippen molar-refractivity contribution in [2.45, 2.75) is 78.9 Å². The highest BCUT2D eigenvalue weighted by Gasteiger charge is 2.29. The molecule has 2 atom stereocenters. The van der Waals surface area contributed by atoms with Crippen LogP contribution in [-0.2, 0) is 22.6 Å². The van der Waals surface area contributed by atoms with E-state index in [1.54, 1.807) is 11.0 Å². The molecule has 0 aliphatic carbocycles. The molecule has 0 aromatic heterocycles. The van der Waals surface area contributed by atoms with Gasteiger partial charge in [0.15, 0.2) is 11.5 Å². The first kappa shape index (κ1) is 28.5. The first-order valence-corrected chi connectivity index (χ1v) is 12.9. The molecule has 7 heteroatoms. The predicted molar refractivity (Wildman–Crippen MR) is 141 cm³/mol. The van der Waals surface area contributed by atoms with Gasteiger partial charge >= 0.3 is 0 Å². The number of carbonyl (C=O) groups is 2. The molecule has 0 saturated carbocycles. The van der Waals surface area contributed by atoms with Crippen LogP contribution >= 0.6 is 11.6 Å². The molecule has 35 heavy (non-hydrogen) atoms. The molecule has 0 bridgehead atoms. The van der Waals surface area contributed by atoms with Crippen LogP contribution < -0.4 is 14.8 Å². The van der Waals surface area contributed by atoms with Gasteiger partial charge in [-0.05, 0) is 69.4 Å². The Morgan fingerprint density at radius 1 is 0.971 bits per heavy atom. The highest BCUT2D eigenvalue weighted by atomic mass is 35.5. The number of ether oxygens (including phenoxy) is 2. The summed E-state index contributed by atoms with van der Waals surface area (Å²) in [5, 5.41) is 3.61. The van der Waals surface area contributed by atoms with Crippen molar-refractivity contribution in [1.82, 2.24) is 10.2 Å². The lowest BCUT2D eigenvalue weighted by Gasteiger charge is -2.32. The quantitative estimate of drug-likeness (QED) is 0.355. The zero-order valence-corrected chi connectivity index (χ0v) is 22.4. The van der Waals surface area contributed by atoms with Crippen molar-refractivity contribution < 1.29 is 19.1 Å². The van der Waals surface area contributed by atoms with Crippen LogP contribution in [0, 0.1) is 0 Å². The zero-order chi connectivity index (χ0) is 25.8. The predicted octanol–water partition coefficient (Wildman–Crippen LogP) is 5.79. The van der Waals surface area contributed by atoms with Gasteiger partial charge in [0, 0.05) is 24.0 Å². The van der Waals surface area contributed by atoms with Crippen LogP contribution in [0.2, 0.25) is 5.02 Å². The third-order valence-electron chi connectivity index (χ3n) is 5.92. The molecule has 2 aromatic carbocycles. The molecular weight excluding hydrogens is 464 g/mol. The second kappa shape index (κ2) is 14.6. The van der Waals surface area contributed by atoms with Crippen LogP contribution in [0.3, 0.4) is 0 Å². The number of amides is 2. The number of halogens is 1. The number of nitrogens with zero attached hydrogens (tertiary/aromatic N) is 1. The molecular formula is C28H39ClN2O4. The number of aryl methyl sites for hydroxylation is 1. The van der Waals surface area contributed by atoms with Gasteiger partial charge in [-0.15, -0.1) is 0 Å². The van der Waals surface area contributed by atoms with Gasteiger partial charge in [0.25, 0.3) is 0 Å². The SMILES string of the molecule is CCOc1ccc(CCC(=O)N(Cc2ccccc2Cl)[C@@H](CC)C(=O)N[C@@H](C)CC)cc1OCC. The molecule has 0 saturated heterocycles. The number of benzene rings is 2. The van der Waals surface area contributed by atoms with Gasteiger partial charge in [-0.25, -0.2) is 0 Å². The Morgan fingerprint density at radius 2 is 1.66 bits per heavy atom. The van der Waals surface area contributed by atoms with E-state index in [0.717, 1.165) is 17.5 Å². The highest BCUT2D eigenvalue weighted by molar-refractivity contribution is 6.31. The molecule has 192 valence electrons. The van der Waals surface area contributed by atoms with Gasteiger partial charge in [-0.2, -0.15) is 0 Å². The Bertz CT molecular complexity index is 966. The number of hydrogen-bond donors (Lipinski definition) is 1. The molecule has 0 radical (unpaired) electrons. The molecule has 0 heterocycles. The van der Waals surface area contributed by atoms with Crippen molar-refractivity contribution in [2.24, 2.45) is 0 Å². The van der Waals surface area contributed by atoms with Crippen molar-refractivity contribution in [2.75, 3.05) is 13.2 Å². The minimum absolute atomic E-state index is 0.0367. The van der Waals surface area contributed by atoms with Crippen molar-refractivity contribution >= 4 is 23.4 Å². The number of nitrogens with one attached hydrogen (secondary N) is 1. The van der Waals surface area contributed by atoms with Crippen LogP contribution in [0.5, 0.6) is 11.5 Å². The molecule has 2 amide bonds. The lowest BCUT2D eigenvalue weighted by atomic mass is 10.1. The van der Waals surface area contributed by atoms with Gasteiger partial charge in [0.2, 0.25) is 11.8 Å². The van der Waals surface area contributed by atoms with Crippen LogP contribution in [-0.4, -0.2) is 42.0 Å². The average Bonchev–Trinajstić information content (AvgIpc) is 2.85. The van der Waals surface area contributed by atoms with Crippen molar-refractivity contribution in [3.8, 4) is 11.5 Å². The van der Waals surface area contributed by atoms with E-state index in [2.05, 4.69) is 5.32 Å². The third-order valence-corrected chi connectivity index (χ3v) is 6.29. The fraction of sp³-hybridized carbons (Fsp3) is 0.500. The second-order valence-corrected chi connectivity index (χ2v) is 8.91. The van der Waals surface area contributed by atoms with Crippen LogP contribution in [0.25, 0.3) is 0 Å². The fourth-order valence-corrected chi connectivity index (χ4v) is 4.01. The normalized spacial score (nSPS) is 12.5. The monoisotopic (exact) mass is 502 g/mol. The third kappa shape index (κ3) is 8.46. The largest absolute Gasteiger partial charge is 0.490 e. The number of hydrogen-bond acceptors (Lipinski definition) is 4.